The Hall–Kier alpha value is -2.51. The molecule has 1 aliphatic rings. The number of nitrogens with two attached hydrogens (primary N) is 1. The Morgan fingerprint density at radius 2 is 2.21 bits per heavy atom. The van der Waals surface area contributed by atoms with Gasteiger partial charge in [0, 0.05) is 37.8 Å². The Balaban J connectivity index is 1.82. The number of carbonyl (C=O) groups is 1. The number of hydrogen-bond donors (Lipinski definition) is 2. The molecule has 2 aromatic heterocycles. The molecule has 2 aromatic rings. The van der Waals surface area contributed by atoms with Crippen molar-refractivity contribution >= 4 is 11.5 Å². The first-order chi connectivity index (χ1) is 14.0. The number of aromatic nitrogens is 2. The monoisotopic (exact) mass is 398 g/mol. The van der Waals surface area contributed by atoms with Crippen molar-refractivity contribution in [2.24, 2.45) is 5.73 Å². The molecule has 0 bridgehead atoms. The van der Waals surface area contributed by atoms with Crippen LogP contribution in [-0.2, 0) is 16.0 Å². The van der Waals surface area contributed by atoms with Crippen molar-refractivity contribution in [1.29, 1.82) is 0 Å². The van der Waals surface area contributed by atoms with E-state index in [0.717, 1.165) is 35.4 Å². The zero-order valence-electron chi connectivity index (χ0n) is 17.3. The van der Waals surface area contributed by atoms with Gasteiger partial charge < -0.3 is 20.3 Å². The van der Waals surface area contributed by atoms with E-state index >= 15 is 0 Å². The number of ether oxygens (including phenoxy) is 1. The average molecular weight is 399 g/mol. The number of pyridine rings is 1. The summed E-state index contributed by atoms with van der Waals surface area (Å²) in [5.74, 6) is 0.657. The Labute approximate surface area is 171 Å². The molecule has 0 radical (unpaired) electrons. The summed E-state index contributed by atoms with van der Waals surface area (Å²) in [7, 11) is 0. The van der Waals surface area contributed by atoms with Gasteiger partial charge in [-0.15, -0.1) is 0 Å². The van der Waals surface area contributed by atoms with Gasteiger partial charge in [0.1, 0.15) is 11.5 Å². The quantitative estimate of drug-likeness (QED) is 0.709. The van der Waals surface area contributed by atoms with E-state index in [2.05, 4.69) is 29.3 Å². The van der Waals surface area contributed by atoms with Crippen LogP contribution in [0.25, 0.3) is 5.57 Å². The van der Waals surface area contributed by atoms with E-state index in [1.54, 1.807) is 6.20 Å². The molecular formula is C22H30N4O3. The van der Waals surface area contributed by atoms with Gasteiger partial charge in [-0.1, -0.05) is 25.1 Å². The van der Waals surface area contributed by atoms with E-state index in [4.69, 9.17) is 15.0 Å². The summed E-state index contributed by atoms with van der Waals surface area (Å²) in [5.41, 5.74) is 9.24. The topological polar surface area (TPSA) is 103 Å². The fourth-order valence-corrected chi connectivity index (χ4v) is 3.69. The number of amides is 1. The zero-order valence-corrected chi connectivity index (χ0v) is 17.3. The summed E-state index contributed by atoms with van der Waals surface area (Å²) in [6.07, 6.45) is 8.42. The zero-order chi connectivity index (χ0) is 20.8. The molecule has 0 saturated heterocycles. The molecule has 0 unspecified atom stereocenters. The van der Waals surface area contributed by atoms with Crippen molar-refractivity contribution in [3.63, 3.8) is 0 Å². The van der Waals surface area contributed by atoms with E-state index < -0.39 is 0 Å². The third kappa shape index (κ3) is 5.52. The van der Waals surface area contributed by atoms with E-state index in [1.165, 1.54) is 6.92 Å². The molecule has 2 heterocycles. The first-order valence-corrected chi connectivity index (χ1v) is 10.2. The summed E-state index contributed by atoms with van der Waals surface area (Å²) in [5, 5.41) is 7.21. The Morgan fingerprint density at radius 3 is 2.86 bits per heavy atom. The minimum Gasteiger partial charge on any atom is -0.369 e. The van der Waals surface area contributed by atoms with E-state index in [0.29, 0.717) is 12.8 Å². The van der Waals surface area contributed by atoms with Crippen LogP contribution in [0.1, 0.15) is 57.1 Å². The lowest BCUT2D eigenvalue weighted by Gasteiger charge is -2.36. The third-order valence-electron chi connectivity index (χ3n) is 5.26. The largest absolute Gasteiger partial charge is 0.369 e. The Kier molecular flexibility index (Phi) is 7.17. The van der Waals surface area contributed by atoms with Crippen molar-refractivity contribution in [3.05, 3.63) is 53.7 Å². The predicted octanol–water partition coefficient (Wildman–Crippen LogP) is 2.85. The first kappa shape index (κ1) is 21.2. The van der Waals surface area contributed by atoms with Crippen LogP contribution in [0.2, 0.25) is 0 Å². The van der Waals surface area contributed by atoms with Gasteiger partial charge in [-0.3, -0.25) is 9.78 Å². The lowest BCUT2D eigenvalue weighted by molar-refractivity contribution is -0.121. The normalized spacial score (nSPS) is 21.8. The van der Waals surface area contributed by atoms with Gasteiger partial charge in [0.25, 0.3) is 0 Å². The number of hydrogen-bond acceptors (Lipinski definition) is 6. The highest BCUT2D eigenvalue weighted by Crippen LogP contribution is 2.29. The highest BCUT2D eigenvalue weighted by molar-refractivity contribution is 5.74. The van der Waals surface area contributed by atoms with Crippen LogP contribution in [-0.4, -0.2) is 40.3 Å². The second-order valence-electron chi connectivity index (χ2n) is 7.54. The van der Waals surface area contributed by atoms with Crippen LogP contribution in [0.3, 0.4) is 0 Å². The van der Waals surface area contributed by atoms with E-state index in [9.17, 15) is 4.79 Å². The smallest absolute Gasteiger partial charge is 0.217 e. The molecule has 1 amide bonds. The molecule has 7 nitrogen and oxygen atoms in total. The minimum atomic E-state index is -0.305. The first-order valence-electron chi connectivity index (χ1n) is 10.2. The molecular weight excluding hydrogens is 368 g/mol. The summed E-state index contributed by atoms with van der Waals surface area (Å²) in [6.45, 7) is 5.69. The maximum Gasteiger partial charge on any atom is 0.217 e. The summed E-state index contributed by atoms with van der Waals surface area (Å²) < 4.78 is 11.8. The van der Waals surface area contributed by atoms with Crippen molar-refractivity contribution in [1.82, 2.24) is 15.5 Å². The molecule has 0 aliphatic heterocycles. The maximum atomic E-state index is 11.7. The average Bonchev–Trinajstić information content (AvgIpc) is 3.17. The predicted molar refractivity (Wildman–Crippen MR) is 111 cm³/mol. The molecule has 3 N–H and O–H groups in total. The van der Waals surface area contributed by atoms with E-state index in [-0.39, 0.29) is 30.2 Å². The van der Waals surface area contributed by atoms with Crippen LogP contribution >= 0.6 is 0 Å². The molecule has 3 rings (SSSR count). The molecule has 29 heavy (non-hydrogen) atoms. The summed E-state index contributed by atoms with van der Waals surface area (Å²) >= 11 is 0. The van der Waals surface area contributed by atoms with Gasteiger partial charge in [0.05, 0.1) is 18.2 Å². The fraction of sp³-hybridized carbons (Fsp3) is 0.500. The fourth-order valence-electron chi connectivity index (χ4n) is 3.69. The summed E-state index contributed by atoms with van der Waals surface area (Å²) in [6, 6.07) is 5.31. The highest BCUT2D eigenvalue weighted by Gasteiger charge is 2.34. The van der Waals surface area contributed by atoms with Crippen LogP contribution < -0.4 is 11.1 Å². The molecule has 0 spiro atoms. The van der Waals surface area contributed by atoms with Gasteiger partial charge in [-0.2, -0.15) is 0 Å². The molecule has 1 aliphatic carbocycles. The number of rotatable bonds is 8. The SMILES string of the molecule is CCC(CC)O[C@@H]1C=C(c2cc(Cc3cccnc3)on2)C[C@H](N)[C@H]1NC(C)=O. The van der Waals surface area contributed by atoms with Gasteiger partial charge in [-0.05, 0) is 42.5 Å². The maximum absolute atomic E-state index is 11.7. The van der Waals surface area contributed by atoms with Crippen molar-refractivity contribution in [2.45, 2.75) is 70.7 Å². The second-order valence-corrected chi connectivity index (χ2v) is 7.54. The lowest BCUT2D eigenvalue weighted by atomic mass is 9.86. The molecule has 0 aromatic carbocycles. The molecule has 0 fully saturated rings. The lowest BCUT2D eigenvalue weighted by Crippen LogP contribution is -2.56. The van der Waals surface area contributed by atoms with Crippen molar-refractivity contribution < 1.29 is 14.1 Å². The van der Waals surface area contributed by atoms with Gasteiger partial charge in [0.15, 0.2) is 0 Å². The Morgan fingerprint density at radius 1 is 1.41 bits per heavy atom. The Bertz CT molecular complexity index is 830. The number of nitrogens with one attached hydrogen (secondary N) is 1. The van der Waals surface area contributed by atoms with Crippen molar-refractivity contribution in [3.8, 4) is 0 Å². The second kappa shape index (κ2) is 9.80. The van der Waals surface area contributed by atoms with Crippen molar-refractivity contribution in [2.75, 3.05) is 0 Å². The molecule has 7 heteroatoms. The van der Waals surface area contributed by atoms with Crippen LogP contribution in [0, 0.1) is 0 Å². The molecule has 3 atom stereocenters. The molecule has 156 valence electrons. The van der Waals surface area contributed by atoms with E-state index in [1.807, 2.05) is 30.5 Å². The highest BCUT2D eigenvalue weighted by atomic mass is 16.5. The van der Waals surface area contributed by atoms with Gasteiger partial charge in [-0.25, -0.2) is 0 Å². The number of carbonyl (C=O) groups excluding carboxylic acids is 1. The van der Waals surface area contributed by atoms with Crippen LogP contribution in [0.5, 0.6) is 0 Å². The van der Waals surface area contributed by atoms with Crippen LogP contribution in [0.4, 0.5) is 0 Å². The molecule has 0 saturated carbocycles. The summed E-state index contributed by atoms with van der Waals surface area (Å²) in [4.78, 5) is 15.8. The van der Waals surface area contributed by atoms with Crippen LogP contribution in [0.15, 0.2) is 41.2 Å². The number of nitrogens with zero attached hydrogens (tertiary/aromatic N) is 2. The third-order valence-corrected chi connectivity index (χ3v) is 5.26. The minimum absolute atomic E-state index is 0.109. The van der Waals surface area contributed by atoms with Gasteiger partial charge in [0.2, 0.25) is 5.91 Å². The van der Waals surface area contributed by atoms with Gasteiger partial charge >= 0.3 is 0 Å². The standard InChI is InChI=1S/C22H30N4O3/c1-4-17(5-2)28-21-11-16(10-19(23)22(21)25-14(3)27)20-12-18(29-26-20)9-15-7-6-8-24-13-15/h6-8,11-13,17,19,21-22H,4-5,9-10,23H2,1-3H3,(H,25,27)/t19-,21+,22+/m0/s1.